The SMILES string of the molecule is COc1cc(-c2cn(C)c(=O)c3cnc(N(C)C)cc23)cc(OC)c1CN1CCC2(CC1)CN(C(=O)CCCCOc1ccc3c(c1C(=O)O)C(=O)N(C1CCC(=O)NC1=O)C3=O)CCO2. The quantitative estimate of drug-likeness (QED) is 0.137. The molecule has 1 atom stereocenters. The lowest BCUT2D eigenvalue weighted by atomic mass is 9.88. The number of aromatic nitrogens is 2. The van der Waals surface area contributed by atoms with Crippen molar-refractivity contribution in [3.8, 4) is 28.4 Å². The average molecular weight is 908 g/mol. The minimum absolute atomic E-state index is 0.0171. The van der Waals surface area contributed by atoms with Gasteiger partial charge in [-0.05, 0) is 68.0 Å². The minimum atomic E-state index is -1.48. The van der Waals surface area contributed by atoms with Gasteiger partial charge in [-0.1, -0.05) is 0 Å². The first-order valence-corrected chi connectivity index (χ1v) is 21.9. The zero-order chi connectivity index (χ0) is 47.0. The number of carbonyl (C=O) groups excluding carboxylic acids is 5. The molecule has 4 aromatic rings. The van der Waals surface area contributed by atoms with Gasteiger partial charge in [0.05, 0.1) is 55.1 Å². The number of imide groups is 2. The van der Waals surface area contributed by atoms with Gasteiger partial charge in [0, 0.05) is 90.1 Å². The van der Waals surface area contributed by atoms with E-state index >= 15 is 0 Å². The number of nitrogens with zero attached hydrogens (tertiary/aromatic N) is 6. The molecular weight excluding hydrogens is 855 g/mol. The first-order valence-electron chi connectivity index (χ1n) is 21.9. The number of hydrogen-bond acceptors (Lipinski definition) is 14. The highest BCUT2D eigenvalue weighted by Gasteiger charge is 2.47. The third-order valence-corrected chi connectivity index (χ3v) is 13.0. The molecule has 5 amide bonds. The molecule has 3 saturated heterocycles. The van der Waals surface area contributed by atoms with Gasteiger partial charge in [-0.2, -0.15) is 0 Å². The number of fused-ring (bicyclic) bond motifs is 2. The number of methoxy groups -OCH3 is 2. The Bertz CT molecular complexity index is 2680. The molecule has 19 heteroatoms. The molecule has 1 unspecified atom stereocenters. The van der Waals surface area contributed by atoms with Crippen LogP contribution in [-0.4, -0.2) is 144 Å². The van der Waals surface area contributed by atoms with Crippen molar-refractivity contribution in [3.05, 3.63) is 75.3 Å². The number of carboxylic acids is 1. The Morgan fingerprint density at radius 2 is 1.67 bits per heavy atom. The topological polar surface area (TPSA) is 219 Å². The van der Waals surface area contributed by atoms with Crippen LogP contribution in [0.3, 0.4) is 0 Å². The van der Waals surface area contributed by atoms with E-state index in [2.05, 4.69) is 15.2 Å². The van der Waals surface area contributed by atoms with Gasteiger partial charge < -0.3 is 38.4 Å². The van der Waals surface area contributed by atoms with Crippen molar-refractivity contribution >= 4 is 52.1 Å². The zero-order valence-electron chi connectivity index (χ0n) is 37.6. The number of morpholine rings is 1. The molecule has 348 valence electrons. The Kier molecular flexibility index (Phi) is 12.8. The Labute approximate surface area is 380 Å². The molecule has 1 spiro atoms. The third kappa shape index (κ3) is 8.67. The number of aromatic carboxylic acids is 1. The Morgan fingerprint density at radius 1 is 0.939 bits per heavy atom. The van der Waals surface area contributed by atoms with Crippen LogP contribution in [0.5, 0.6) is 17.2 Å². The first-order chi connectivity index (χ1) is 31.6. The number of anilines is 1. The highest BCUT2D eigenvalue weighted by Crippen LogP contribution is 2.40. The standard InChI is InChI=1S/C47H53N7O12/c1-50(2)37-22-29-30(23-48-37)43(58)51(3)24-31(29)27-20-35(63-4)32(36(21-27)64-5)25-52-15-13-47(14-16-52)26-53(17-19-66-47)39(56)8-6-7-18-65-34-11-9-28-40(41(34)46(61)62)45(60)54(44(28)59)33-10-12-38(55)49-42(33)57/h9,11,20-24,33H,6-8,10,12-19,25-26H2,1-5H3,(H,61,62)(H,49,55,57). The van der Waals surface area contributed by atoms with E-state index in [9.17, 15) is 38.7 Å². The van der Waals surface area contributed by atoms with Crippen molar-refractivity contribution in [2.24, 2.45) is 7.05 Å². The summed E-state index contributed by atoms with van der Waals surface area (Å²) in [6.07, 6.45) is 5.84. The molecule has 3 fully saturated rings. The summed E-state index contributed by atoms with van der Waals surface area (Å²) < 4.78 is 25.7. The summed E-state index contributed by atoms with van der Waals surface area (Å²) in [6, 6.07) is 7.24. The van der Waals surface area contributed by atoms with Gasteiger partial charge >= 0.3 is 5.97 Å². The largest absolute Gasteiger partial charge is 0.496 e. The molecule has 8 rings (SSSR count). The van der Waals surface area contributed by atoms with Crippen LogP contribution >= 0.6 is 0 Å². The summed E-state index contributed by atoms with van der Waals surface area (Å²) in [6.45, 7) is 3.40. The molecule has 19 nitrogen and oxygen atoms in total. The van der Waals surface area contributed by atoms with Crippen LogP contribution in [0.25, 0.3) is 21.9 Å². The molecule has 0 aliphatic carbocycles. The molecular formula is C47H53N7O12. The average Bonchev–Trinajstić information content (AvgIpc) is 3.55. The number of piperidine rings is 2. The van der Waals surface area contributed by atoms with Gasteiger partial charge in [-0.3, -0.25) is 43.9 Å². The van der Waals surface area contributed by atoms with Crippen molar-refractivity contribution in [2.75, 3.05) is 72.6 Å². The Hall–Kier alpha value is -6.86. The van der Waals surface area contributed by atoms with Crippen molar-refractivity contribution in [1.29, 1.82) is 0 Å². The Morgan fingerprint density at radius 3 is 2.33 bits per heavy atom. The van der Waals surface area contributed by atoms with Gasteiger partial charge in [0.2, 0.25) is 17.7 Å². The van der Waals surface area contributed by atoms with Crippen LogP contribution in [-0.2, 0) is 32.7 Å². The lowest BCUT2D eigenvalue weighted by Gasteiger charge is -2.47. The predicted molar refractivity (Wildman–Crippen MR) is 239 cm³/mol. The lowest BCUT2D eigenvalue weighted by molar-refractivity contribution is -0.159. The minimum Gasteiger partial charge on any atom is -0.496 e. The van der Waals surface area contributed by atoms with Crippen LogP contribution in [0.1, 0.15) is 81.6 Å². The number of aryl methyl sites for hydroxylation is 1. The summed E-state index contributed by atoms with van der Waals surface area (Å²) in [4.78, 5) is 101. The van der Waals surface area contributed by atoms with Crippen LogP contribution in [0.2, 0.25) is 0 Å². The molecule has 2 aromatic carbocycles. The molecule has 2 N–H and O–H groups in total. The Balaban J connectivity index is 0.858. The number of rotatable bonds is 14. The fraction of sp³-hybridized carbons (Fsp3) is 0.447. The number of pyridine rings is 2. The second-order valence-corrected chi connectivity index (χ2v) is 17.3. The number of amides is 5. The number of ether oxygens (including phenoxy) is 4. The molecule has 0 saturated carbocycles. The third-order valence-electron chi connectivity index (χ3n) is 13.0. The predicted octanol–water partition coefficient (Wildman–Crippen LogP) is 3.23. The summed E-state index contributed by atoms with van der Waals surface area (Å²) >= 11 is 0. The molecule has 6 heterocycles. The summed E-state index contributed by atoms with van der Waals surface area (Å²) in [5.41, 5.74) is 0.934. The van der Waals surface area contributed by atoms with Gasteiger partial charge in [-0.25, -0.2) is 9.78 Å². The van der Waals surface area contributed by atoms with Crippen molar-refractivity contribution in [1.82, 2.24) is 29.6 Å². The van der Waals surface area contributed by atoms with Gasteiger partial charge in [0.25, 0.3) is 17.4 Å². The van der Waals surface area contributed by atoms with E-state index in [0.717, 1.165) is 41.0 Å². The fourth-order valence-electron chi connectivity index (χ4n) is 9.41. The number of likely N-dealkylation sites (tertiary alicyclic amines) is 1. The van der Waals surface area contributed by atoms with E-state index in [4.69, 9.17) is 18.9 Å². The van der Waals surface area contributed by atoms with E-state index < -0.39 is 46.8 Å². The maximum atomic E-state index is 13.5. The van der Waals surface area contributed by atoms with Crippen molar-refractivity contribution in [2.45, 2.75) is 63.1 Å². The summed E-state index contributed by atoms with van der Waals surface area (Å²) in [5, 5.41) is 13.5. The normalized spacial score (nSPS) is 18.4. The summed E-state index contributed by atoms with van der Waals surface area (Å²) in [5.74, 6) is -2.64. The van der Waals surface area contributed by atoms with Crippen LogP contribution in [0, 0.1) is 0 Å². The number of hydrogen-bond donors (Lipinski definition) is 2. The fourth-order valence-corrected chi connectivity index (χ4v) is 9.41. The van der Waals surface area contributed by atoms with E-state index in [1.54, 1.807) is 32.0 Å². The molecule has 4 aliphatic heterocycles. The maximum absolute atomic E-state index is 13.5. The van der Waals surface area contributed by atoms with E-state index in [-0.39, 0.29) is 54.2 Å². The lowest BCUT2D eigenvalue weighted by Crippen LogP contribution is -2.57. The van der Waals surface area contributed by atoms with Gasteiger partial charge in [-0.15, -0.1) is 0 Å². The molecule has 0 radical (unpaired) electrons. The van der Waals surface area contributed by atoms with Gasteiger partial charge in [0.15, 0.2) is 0 Å². The smallest absolute Gasteiger partial charge is 0.340 e. The van der Waals surface area contributed by atoms with Crippen LogP contribution in [0.15, 0.2) is 47.5 Å². The second kappa shape index (κ2) is 18.6. The monoisotopic (exact) mass is 907 g/mol. The zero-order valence-corrected chi connectivity index (χ0v) is 37.6. The first kappa shape index (κ1) is 45.7. The maximum Gasteiger partial charge on any atom is 0.340 e. The van der Waals surface area contributed by atoms with Crippen LogP contribution < -0.4 is 30.0 Å². The number of benzene rings is 2. The summed E-state index contributed by atoms with van der Waals surface area (Å²) in [7, 11) is 8.79. The molecule has 4 aliphatic rings. The van der Waals surface area contributed by atoms with E-state index in [0.29, 0.717) is 73.7 Å². The van der Waals surface area contributed by atoms with E-state index in [1.807, 2.05) is 48.3 Å². The number of unbranched alkanes of at least 4 members (excludes halogenated alkanes) is 1. The van der Waals surface area contributed by atoms with Gasteiger partial charge in [0.1, 0.15) is 34.7 Å². The van der Waals surface area contributed by atoms with Crippen molar-refractivity contribution in [3.63, 3.8) is 0 Å². The highest BCUT2D eigenvalue weighted by molar-refractivity contribution is 6.26. The number of carbonyl (C=O) groups is 6. The number of nitrogens with one attached hydrogen (secondary N) is 1. The number of carboxylic acid groups (broad SMARTS) is 1. The van der Waals surface area contributed by atoms with Crippen LogP contribution in [0.4, 0.5) is 5.82 Å². The van der Waals surface area contributed by atoms with Crippen molar-refractivity contribution < 1.29 is 52.8 Å². The molecule has 66 heavy (non-hydrogen) atoms. The molecule has 0 bridgehead atoms. The van der Waals surface area contributed by atoms with E-state index in [1.165, 1.54) is 12.1 Å². The highest BCUT2D eigenvalue weighted by atomic mass is 16.5. The molecule has 2 aromatic heterocycles. The second-order valence-electron chi connectivity index (χ2n) is 17.3.